The lowest BCUT2D eigenvalue weighted by molar-refractivity contribution is 0.420. The minimum Gasteiger partial charge on any atom is -0.496 e. The number of methoxy groups -OCH3 is 1. The van der Waals surface area contributed by atoms with E-state index in [1.165, 1.54) is 24.8 Å². The molecule has 1 nitrogen and oxygen atoms in total. The topological polar surface area (TPSA) is 9.23 Å². The van der Waals surface area contributed by atoms with Crippen LogP contribution < -0.4 is 4.74 Å². The van der Waals surface area contributed by atoms with Crippen molar-refractivity contribution in [2.45, 2.75) is 32.6 Å². The van der Waals surface area contributed by atoms with Gasteiger partial charge in [0, 0.05) is 21.9 Å². The third-order valence-corrected chi connectivity index (χ3v) is 4.59. The van der Waals surface area contributed by atoms with Gasteiger partial charge in [0.25, 0.3) is 0 Å². The fourth-order valence-corrected chi connectivity index (χ4v) is 3.09. The Bertz CT molecular complexity index is 1020. The summed E-state index contributed by atoms with van der Waals surface area (Å²) in [6.45, 7) is 2.23. The van der Waals surface area contributed by atoms with Gasteiger partial charge in [0.2, 0.25) is 0 Å². The van der Waals surface area contributed by atoms with Crippen molar-refractivity contribution in [2.75, 3.05) is 7.11 Å². The number of fused-ring (bicyclic) bond motifs is 1. The van der Waals surface area contributed by atoms with Gasteiger partial charge in [0.05, 0.1) is 7.11 Å². The highest BCUT2D eigenvalue weighted by atomic mass is 16.5. The molecule has 0 fully saturated rings. The zero-order chi connectivity index (χ0) is 18.9. The van der Waals surface area contributed by atoms with E-state index in [0.717, 1.165) is 34.1 Å². The lowest BCUT2D eigenvalue weighted by atomic mass is 10.0. The Balaban J connectivity index is 1.74. The molecule has 27 heavy (non-hydrogen) atoms. The predicted molar refractivity (Wildman–Crippen MR) is 114 cm³/mol. The SMILES string of the molecule is CCCCCc1ccc(C#CC#Cc2ccc(OC)c3ccccc23)cc1. The van der Waals surface area contributed by atoms with Crippen LogP contribution in [0, 0.1) is 23.7 Å². The highest BCUT2D eigenvalue weighted by Gasteiger charge is 2.03. The van der Waals surface area contributed by atoms with Crippen molar-refractivity contribution < 1.29 is 4.74 Å². The number of hydrogen-bond donors (Lipinski definition) is 0. The van der Waals surface area contributed by atoms with Crippen LogP contribution in [0.4, 0.5) is 0 Å². The average Bonchev–Trinajstić information content (AvgIpc) is 2.72. The largest absolute Gasteiger partial charge is 0.496 e. The average molecular weight is 352 g/mol. The molecular weight excluding hydrogens is 328 g/mol. The van der Waals surface area contributed by atoms with E-state index in [4.69, 9.17) is 4.74 Å². The summed E-state index contributed by atoms with van der Waals surface area (Å²) in [6.07, 6.45) is 4.94. The van der Waals surface area contributed by atoms with Crippen LogP contribution >= 0.6 is 0 Å². The van der Waals surface area contributed by atoms with Crippen LogP contribution in [0.3, 0.4) is 0 Å². The number of hydrogen-bond acceptors (Lipinski definition) is 1. The van der Waals surface area contributed by atoms with Crippen molar-refractivity contribution in [3.05, 3.63) is 77.4 Å². The van der Waals surface area contributed by atoms with Gasteiger partial charge in [-0.15, -0.1) is 0 Å². The number of unbranched alkanes of at least 4 members (excludes halogenated alkanes) is 2. The maximum absolute atomic E-state index is 5.43. The molecule has 0 N–H and O–H groups in total. The summed E-state index contributed by atoms with van der Waals surface area (Å²) in [7, 11) is 1.69. The summed E-state index contributed by atoms with van der Waals surface area (Å²) in [5, 5.41) is 2.15. The quantitative estimate of drug-likeness (QED) is 0.405. The Kier molecular flexibility index (Phi) is 6.56. The molecule has 134 valence electrons. The van der Waals surface area contributed by atoms with Gasteiger partial charge >= 0.3 is 0 Å². The van der Waals surface area contributed by atoms with Gasteiger partial charge in [0.1, 0.15) is 5.75 Å². The zero-order valence-electron chi connectivity index (χ0n) is 16.0. The predicted octanol–water partition coefficient (Wildman–Crippen LogP) is 5.98. The highest BCUT2D eigenvalue weighted by Crippen LogP contribution is 2.27. The molecule has 0 saturated heterocycles. The van der Waals surface area contributed by atoms with Crippen molar-refractivity contribution in [1.29, 1.82) is 0 Å². The van der Waals surface area contributed by atoms with Crippen molar-refractivity contribution in [3.8, 4) is 29.4 Å². The van der Waals surface area contributed by atoms with Crippen LogP contribution in [-0.4, -0.2) is 7.11 Å². The number of ether oxygens (including phenoxy) is 1. The second-order valence-electron chi connectivity index (χ2n) is 6.51. The number of rotatable bonds is 5. The van der Waals surface area contributed by atoms with Gasteiger partial charge in [-0.05, 0) is 54.5 Å². The third kappa shape index (κ3) is 4.93. The maximum atomic E-state index is 5.43. The molecule has 0 saturated carbocycles. The summed E-state index contributed by atoms with van der Waals surface area (Å²) < 4.78 is 5.43. The van der Waals surface area contributed by atoms with E-state index in [9.17, 15) is 0 Å². The zero-order valence-corrected chi connectivity index (χ0v) is 16.0. The Labute approximate surface area is 162 Å². The second kappa shape index (κ2) is 9.51. The molecule has 0 aromatic heterocycles. The Morgan fingerprint density at radius 2 is 1.52 bits per heavy atom. The van der Waals surface area contributed by atoms with E-state index in [2.05, 4.69) is 60.9 Å². The molecule has 3 rings (SSSR count). The van der Waals surface area contributed by atoms with Gasteiger partial charge in [-0.25, -0.2) is 0 Å². The molecule has 0 amide bonds. The molecule has 0 aliphatic rings. The first-order valence-electron chi connectivity index (χ1n) is 9.48. The fraction of sp³-hybridized carbons (Fsp3) is 0.231. The monoisotopic (exact) mass is 352 g/mol. The van der Waals surface area contributed by atoms with Crippen LogP contribution in [0.2, 0.25) is 0 Å². The first-order valence-corrected chi connectivity index (χ1v) is 9.48. The first-order chi connectivity index (χ1) is 13.3. The van der Waals surface area contributed by atoms with Gasteiger partial charge in [-0.1, -0.05) is 68.0 Å². The van der Waals surface area contributed by atoms with Gasteiger partial charge < -0.3 is 4.74 Å². The summed E-state index contributed by atoms with van der Waals surface area (Å²) in [6, 6.07) is 20.6. The molecule has 0 bridgehead atoms. The molecule has 0 atom stereocenters. The van der Waals surface area contributed by atoms with Crippen LogP contribution in [0.1, 0.15) is 42.9 Å². The van der Waals surface area contributed by atoms with Crippen LogP contribution in [0.5, 0.6) is 5.75 Å². The molecule has 0 unspecified atom stereocenters. The molecule has 0 aliphatic carbocycles. The van der Waals surface area contributed by atoms with E-state index in [1.54, 1.807) is 7.11 Å². The maximum Gasteiger partial charge on any atom is 0.126 e. The van der Waals surface area contributed by atoms with Crippen LogP contribution in [0.15, 0.2) is 60.7 Å². The fourth-order valence-electron chi connectivity index (χ4n) is 3.09. The standard InChI is InChI=1S/C26H24O/c1-3-4-5-10-21-15-17-22(18-16-21)11-6-7-12-23-19-20-26(27-2)25-14-9-8-13-24(23)25/h8-9,13-20H,3-5,10H2,1-2H3. The van der Waals surface area contributed by atoms with Crippen LogP contribution in [-0.2, 0) is 6.42 Å². The summed E-state index contributed by atoms with van der Waals surface area (Å²) in [4.78, 5) is 0. The summed E-state index contributed by atoms with van der Waals surface area (Å²) >= 11 is 0. The smallest absolute Gasteiger partial charge is 0.126 e. The summed E-state index contributed by atoms with van der Waals surface area (Å²) in [5.74, 6) is 13.1. The van der Waals surface area contributed by atoms with Crippen molar-refractivity contribution in [2.24, 2.45) is 0 Å². The third-order valence-electron chi connectivity index (χ3n) is 4.59. The van der Waals surface area contributed by atoms with E-state index in [1.807, 2.05) is 30.3 Å². The molecular formula is C26H24O. The first kappa shape index (κ1) is 18.6. The minimum atomic E-state index is 0.862. The normalized spacial score (nSPS) is 9.85. The van der Waals surface area contributed by atoms with Crippen molar-refractivity contribution in [3.63, 3.8) is 0 Å². The molecule has 3 aromatic carbocycles. The molecule has 3 aromatic rings. The molecule has 1 heteroatoms. The lowest BCUT2D eigenvalue weighted by Gasteiger charge is -2.06. The molecule has 0 spiro atoms. The van der Waals surface area contributed by atoms with E-state index in [0.29, 0.717) is 0 Å². The van der Waals surface area contributed by atoms with Gasteiger partial charge in [-0.2, -0.15) is 0 Å². The Morgan fingerprint density at radius 3 is 2.26 bits per heavy atom. The second-order valence-corrected chi connectivity index (χ2v) is 6.51. The molecule has 0 heterocycles. The van der Waals surface area contributed by atoms with E-state index >= 15 is 0 Å². The number of benzene rings is 3. The Hall–Kier alpha value is -3.16. The van der Waals surface area contributed by atoms with E-state index in [-0.39, 0.29) is 0 Å². The van der Waals surface area contributed by atoms with Crippen molar-refractivity contribution in [1.82, 2.24) is 0 Å². The van der Waals surface area contributed by atoms with Crippen molar-refractivity contribution >= 4 is 10.8 Å². The Morgan fingerprint density at radius 1 is 0.778 bits per heavy atom. The van der Waals surface area contributed by atoms with Gasteiger partial charge in [-0.3, -0.25) is 0 Å². The highest BCUT2D eigenvalue weighted by molar-refractivity contribution is 5.93. The van der Waals surface area contributed by atoms with E-state index < -0.39 is 0 Å². The minimum absolute atomic E-state index is 0.862. The summed E-state index contributed by atoms with van der Waals surface area (Å²) in [5.41, 5.74) is 3.35. The molecule has 0 aliphatic heterocycles. The molecule has 0 radical (unpaired) electrons. The lowest BCUT2D eigenvalue weighted by Crippen LogP contribution is -1.87. The van der Waals surface area contributed by atoms with Crippen LogP contribution in [0.25, 0.3) is 10.8 Å². The number of aryl methyl sites for hydroxylation is 1. The van der Waals surface area contributed by atoms with Gasteiger partial charge in [0.15, 0.2) is 0 Å².